The van der Waals surface area contributed by atoms with Gasteiger partial charge in [-0.3, -0.25) is 9.59 Å². The van der Waals surface area contributed by atoms with Crippen molar-refractivity contribution in [2.24, 2.45) is 5.92 Å². The lowest BCUT2D eigenvalue weighted by Gasteiger charge is -2.33. The number of nitrogens with one attached hydrogen (secondary N) is 1. The normalized spacial score (nSPS) is 25.8. The van der Waals surface area contributed by atoms with Gasteiger partial charge < -0.3 is 10.2 Å². The molecule has 0 aromatic carbocycles. The molecule has 2 aromatic heterocycles. The molecule has 2 bridgehead atoms. The molecule has 1 saturated carbocycles. The number of rotatable bonds is 3. The van der Waals surface area contributed by atoms with E-state index in [4.69, 9.17) is 11.6 Å². The molecule has 2 aromatic rings. The molecule has 0 radical (unpaired) electrons. The number of hydrogen-bond acceptors (Lipinski definition) is 4. The summed E-state index contributed by atoms with van der Waals surface area (Å²) in [6.07, 6.45) is 1.93. The first-order valence-corrected chi connectivity index (χ1v) is 9.60. The van der Waals surface area contributed by atoms with Crippen LogP contribution in [0.4, 0.5) is 0 Å². The molecule has 3 unspecified atom stereocenters. The molecule has 2 aliphatic rings. The van der Waals surface area contributed by atoms with Crippen LogP contribution in [0.1, 0.15) is 32.2 Å². The SMILES string of the molecule is O=C(NC1CC2CC1N(C(=O)c1ccc(Cl)s1)C2)c1cccs1. The number of carbonyl (C=O) groups excluding carboxylic acids is 2. The van der Waals surface area contributed by atoms with Crippen LogP contribution < -0.4 is 5.32 Å². The molecule has 0 spiro atoms. The van der Waals surface area contributed by atoms with Crippen LogP contribution in [-0.2, 0) is 0 Å². The molecule has 1 saturated heterocycles. The average molecular weight is 367 g/mol. The molecule has 2 amide bonds. The lowest BCUT2D eigenvalue weighted by molar-refractivity contribution is 0.0653. The molecule has 2 fully saturated rings. The van der Waals surface area contributed by atoms with Gasteiger partial charge in [-0.05, 0) is 42.3 Å². The largest absolute Gasteiger partial charge is 0.347 e. The number of fused-ring (bicyclic) bond motifs is 2. The van der Waals surface area contributed by atoms with E-state index in [1.165, 1.54) is 22.7 Å². The lowest BCUT2D eigenvalue weighted by atomic mass is 10.1. The van der Waals surface area contributed by atoms with Crippen molar-refractivity contribution in [2.75, 3.05) is 6.54 Å². The third-order valence-corrected chi connectivity index (χ3v) is 6.68. The van der Waals surface area contributed by atoms with Gasteiger partial charge in [0, 0.05) is 12.6 Å². The third-order valence-electron chi connectivity index (χ3n) is 4.59. The van der Waals surface area contributed by atoms with Crippen molar-refractivity contribution in [3.05, 3.63) is 43.7 Å². The Morgan fingerprint density at radius 2 is 2.09 bits per heavy atom. The maximum atomic E-state index is 12.7. The summed E-state index contributed by atoms with van der Waals surface area (Å²) in [7, 11) is 0. The Morgan fingerprint density at radius 1 is 1.22 bits per heavy atom. The van der Waals surface area contributed by atoms with Crippen LogP contribution in [0.25, 0.3) is 0 Å². The molecule has 120 valence electrons. The Hall–Kier alpha value is -1.37. The molecular weight excluding hydrogens is 352 g/mol. The monoisotopic (exact) mass is 366 g/mol. The summed E-state index contributed by atoms with van der Waals surface area (Å²) >= 11 is 8.68. The summed E-state index contributed by atoms with van der Waals surface area (Å²) in [6.45, 7) is 0.782. The minimum atomic E-state index is -0.0379. The lowest BCUT2D eigenvalue weighted by Crippen LogP contribution is -2.51. The molecule has 3 heterocycles. The first-order chi connectivity index (χ1) is 11.1. The number of amides is 2. The van der Waals surface area contributed by atoms with Crippen molar-refractivity contribution in [3.63, 3.8) is 0 Å². The van der Waals surface area contributed by atoms with Gasteiger partial charge in [-0.15, -0.1) is 22.7 Å². The van der Waals surface area contributed by atoms with Crippen molar-refractivity contribution < 1.29 is 9.59 Å². The zero-order valence-corrected chi connectivity index (χ0v) is 14.6. The minimum absolute atomic E-state index is 0.0319. The van der Waals surface area contributed by atoms with E-state index in [0.717, 1.165) is 24.3 Å². The zero-order valence-electron chi connectivity index (χ0n) is 12.2. The first kappa shape index (κ1) is 15.2. The van der Waals surface area contributed by atoms with Crippen molar-refractivity contribution in [2.45, 2.75) is 24.9 Å². The van der Waals surface area contributed by atoms with E-state index in [1.54, 1.807) is 12.1 Å². The van der Waals surface area contributed by atoms with E-state index in [1.807, 2.05) is 22.4 Å². The summed E-state index contributed by atoms with van der Waals surface area (Å²) in [6, 6.07) is 7.37. The molecule has 1 N–H and O–H groups in total. The molecule has 4 rings (SSSR count). The highest BCUT2D eigenvalue weighted by Gasteiger charge is 2.47. The zero-order chi connectivity index (χ0) is 16.0. The van der Waals surface area contributed by atoms with E-state index in [2.05, 4.69) is 5.32 Å². The molecule has 3 atom stereocenters. The Kier molecular flexibility index (Phi) is 3.91. The van der Waals surface area contributed by atoms with E-state index in [-0.39, 0.29) is 23.9 Å². The average Bonchev–Trinajstić information content (AvgIpc) is 3.30. The quantitative estimate of drug-likeness (QED) is 0.903. The number of thiophene rings is 2. The van der Waals surface area contributed by atoms with Crippen molar-refractivity contribution in [1.82, 2.24) is 10.2 Å². The third kappa shape index (κ3) is 2.79. The van der Waals surface area contributed by atoms with Gasteiger partial charge in [0.15, 0.2) is 0 Å². The van der Waals surface area contributed by atoms with Crippen LogP contribution in [0.5, 0.6) is 0 Å². The highest BCUT2D eigenvalue weighted by atomic mass is 35.5. The van der Waals surface area contributed by atoms with Crippen LogP contribution in [-0.4, -0.2) is 35.3 Å². The van der Waals surface area contributed by atoms with Gasteiger partial charge in [0.25, 0.3) is 11.8 Å². The molecule has 4 nitrogen and oxygen atoms in total. The number of halogens is 1. The van der Waals surface area contributed by atoms with Gasteiger partial charge in [-0.25, -0.2) is 0 Å². The van der Waals surface area contributed by atoms with Crippen LogP contribution in [0.3, 0.4) is 0 Å². The summed E-state index contributed by atoms with van der Waals surface area (Å²) < 4.78 is 0.625. The van der Waals surface area contributed by atoms with Gasteiger partial charge >= 0.3 is 0 Å². The number of carbonyl (C=O) groups is 2. The number of likely N-dealkylation sites (tertiary alicyclic amines) is 1. The summed E-state index contributed by atoms with van der Waals surface area (Å²) in [4.78, 5) is 28.2. The molecule has 7 heteroatoms. The van der Waals surface area contributed by atoms with Gasteiger partial charge in [-0.2, -0.15) is 0 Å². The second-order valence-corrected chi connectivity index (χ2v) is 8.69. The first-order valence-electron chi connectivity index (χ1n) is 7.52. The highest BCUT2D eigenvalue weighted by Crippen LogP contribution is 2.39. The molecule has 1 aliphatic heterocycles. The molecular formula is C16H15ClN2O2S2. The van der Waals surface area contributed by atoms with Crippen molar-refractivity contribution in [3.8, 4) is 0 Å². The fourth-order valence-electron chi connectivity index (χ4n) is 3.63. The maximum Gasteiger partial charge on any atom is 0.264 e. The van der Waals surface area contributed by atoms with E-state index >= 15 is 0 Å². The van der Waals surface area contributed by atoms with Gasteiger partial charge in [-0.1, -0.05) is 17.7 Å². The molecule has 23 heavy (non-hydrogen) atoms. The standard InChI is InChI=1S/C16H15ClN2O2S2/c17-14-4-3-13(23-14)16(21)19-8-9-6-10(11(19)7-9)18-15(20)12-2-1-5-22-12/h1-5,9-11H,6-8H2,(H,18,20). The molecule has 1 aliphatic carbocycles. The summed E-state index contributed by atoms with van der Waals surface area (Å²) in [5, 5.41) is 5.00. The van der Waals surface area contributed by atoms with Gasteiger partial charge in [0.2, 0.25) is 0 Å². The van der Waals surface area contributed by atoms with Crippen molar-refractivity contribution >= 4 is 46.1 Å². The Labute approximate surface area is 147 Å². The van der Waals surface area contributed by atoms with E-state index < -0.39 is 0 Å². The number of nitrogens with zero attached hydrogens (tertiary/aromatic N) is 1. The fraction of sp³-hybridized carbons (Fsp3) is 0.375. The summed E-state index contributed by atoms with van der Waals surface area (Å²) in [5.41, 5.74) is 0. The second-order valence-electron chi connectivity index (χ2n) is 6.02. The van der Waals surface area contributed by atoms with E-state index in [0.29, 0.717) is 15.1 Å². The van der Waals surface area contributed by atoms with E-state index in [9.17, 15) is 9.59 Å². The smallest absolute Gasteiger partial charge is 0.264 e. The topological polar surface area (TPSA) is 49.4 Å². The number of piperidine rings is 1. The Morgan fingerprint density at radius 3 is 2.74 bits per heavy atom. The van der Waals surface area contributed by atoms with Crippen LogP contribution in [0.2, 0.25) is 4.34 Å². The fourth-order valence-corrected chi connectivity index (χ4v) is 5.26. The van der Waals surface area contributed by atoms with Crippen LogP contribution in [0.15, 0.2) is 29.6 Å². The number of hydrogen-bond donors (Lipinski definition) is 1. The minimum Gasteiger partial charge on any atom is -0.347 e. The highest BCUT2D eigenvalue weighted by molar-refractivity contribution is 7.18. The van der Waals surface area contributed by atoms with Gasteiger partial charge in [0.05, 0.1) is 20.1 Å². The van der Waals surface area contributed by atoms with Crippen LogP contribution >= 0.6 is 34.3 Å². The second kappa shape index (κ2) is 5.92. The summed E-state index contributed by atoms with van der Waals surface area (Å²) in [5.74, 6) is 0.474. The maximum absolute atomic E-state index is 12.7. The Bertz CT molecular complexity index is 743. The van der Waals surface area contributed by atoms with Crippen LogP contribution in [0, 0.1) is 5.92 Å². The predicted molar refractivity (Wildman–Crippen MR) is 92.5 cm³/mol. The predicted octanol–water partition coefficient (Wildman–Crippen LogP) is 3.50. The van der Waals surface area contributed by atoms with Crippen molar-refractivity contribution in [1.29, 1.82) is 0 Å². The van der Waals surface area contributed by atoms with Gasteiger partial charge in [0.1, 0.15) is 0 Å². The Balaban J connectivity index is 1.48.